The van der Waals surface area contributed by atoms with Crippen LogP contribution in [0.15, 0.2) is 129 Å². The minimum Gasteiger partial charge on any atom is -0.492 e. The van der Waals surface area contributed by atoms with Gasteiger partial charge in [0.1, 0.15) is 11.5 Å². The number of nitrogens with one attached hydrogen (secondary N) is 4. The lowest BCUT2D eigenvalue weighted by Crippen LogP contribution is -2.29. The highest BCUT2D eigenvalue weighted by Gasteiger charge is 2.24. The smallest absolute Gasteiger partial charge is 0.395 e. The maximum atomic E-state index is 13.2. The average molecular weight is 1080 g/mol. The molecule has 6 rings (SSSR count). The van der Waals surface area contributed by atoms with E-state index in [1.807, 2.05) is 62.4 Å². The summed E-state index contributed by atoms with van der Waals surface area (Å²) in [7, 11) is -8.01. The van der Waals surface area contributed by atoms with E-state index in [-0.39, 0.29) is 53.2 Å². The van der Waals surface area contributed by atoms with Gasteiger partial charge in [0.2, 0.25) is 25.8 Å². The van der Waals surface area contributed by atoms with E-state index in [1.54, 1.807) is 19.1 Å². The van der Waals surface area contributed by atoms with Crippen LogP contribution in [-0.4, -0.2) is 40.0 Å². The van der Waals surface area contributed by atoms with Gasteiger partial charge in [-0.05, 0) is 91.7 Å². The van der Waals surface area contributed by atoms with Crippen molar-refractivity contribution < 1.29 is 35.5 Å². The van der Waals surface area contributed by atoms with Gasteiger partial charge in [0.15, 0.2) is 11.4 Å². The molecule has 0 aliphatic heterocycles. The Morgan fingerprint density at radius 3 is 1.92 bits per heavy atom. The van der Waals surface area contributed by atoms with E-state index in [9.17, 15) is 31.0 Å². The Morgan fingerprint density at radius 1 is 0.778 bits per heavy atom. The van der Waals surface area contributed by atoms with E-state index in [4.69, 9.17) is 17.9 Å². The molecule has 4 N–H and O–H groups in total. The number of hydrogen-bond donors (Lipinski definition) is 5. The van der Waals surface area contributed by atoms with E-state index in [0.29, 0.717) is 5.75 Å². The van der Waals surface area contributed by atoms with Crippen LogP contribution in [0.3, 0.4) is 0 Å². The maximum Gasteiger partial charge on any atom is 0.395 e. The number of aromatic nitrogens is 1. The summed E-state index contributed by atoms with van der Waals surface area (Å²) < 4.78 is 75.1. The number of para-hydroxylation sites is 1. The summed E-state index contributed by atoms with van der Waals surface area (Å²) in [6.07, 6.45) is 14.7. The molecule has 0 saturated heterocycles. The van der Waals surface area contributed by atoms with Crippen LogP contribution in [0.2, 0.25) is 0 Å². The minimum atomic E-state index is -4.18. The van der Waals surface area contributed by atoms with Gasteiger partial charge in [0, 0.05) is 17.0 Å². The molecule has 1 heterocycles. The third kappa shape index (κ3) is 22.9. The number of sulfonamides is 1. The Balaban J connectivity index is 0.000000361. The molecule has 0 saturated carbocycles. The van der Waals surface area contributed by atoms with Gasteiger partial charge in [-0.1, -0.05) is 133 Å². The van der Waals surface area contributed by atoms with Crippen molar-refractivity contribution in [2.45, 2.75) is 120 Å². The number of aromatic amines is 1. The Kier molecular flexibility index (Phi) is 29.4. The summed E-state index contributed by atoms with van der Waals surface area (Å²) in [5.74, 6) is 1.13. The highest BCUT2D eigenvalue weighted by molar-refractivity contribution is 7.92. The molecule has 0 bridgehead atoms. The molecular formula is C52H65N6O9PS4. The molecule has 1 amide bonds. The second kappa shape index (κ2) is 34.2. The molecule has 0 atom stereocenters. The topological polar surface area (TPSA) is 199 Å². The second-order valence-electron chi connectivity index (χ2n) is 15.5. The Labute approximate surface area is 436 Å². The lowest BCUT2D eigenvalue weighted by molar-refractivity contribution is -0.120. The molecule has 0 aliphatic carbocycles. The van der Waals surface area contributed by atoms with Crippen molar-refractivity contribution in [1.82, 2.24) is 9.80 Å². The normalized spacial score (nSPS) is 10.5. The number of thiol groups is 1. The zero-order valence-electron chi connectivity index (χ0n) is 41.6. The summed E-state index contributed by atoms with van der Waals surface area (Å²) in [6, 6.07) is 29.9. The SMILES string of the molecule is CC.CCCCCCCCCCCCOc1ccc(C)cc1S.O=POc1ccccc1.O=c1[nH]sc2ccccc12.[C-]#[N+]c1cc(NNC(=O)CC)c(S(=O)(=O)c2ccc(NS(C)(=O)=O)cc2)cc1[N+]#[C-]. The van der Waals surface area contributed by atoms with E-state index < -0.39 is 25.8 Å². The zero-order valence-corrected chi connectivity index (χ0v) is 45.8. The number of ether oxygens (including phenoxy) is 1. The fourth-order valence-corrected chi connectivity index (χ4v) is 9.53. The monoisotopic (exact) mass is 1080 g/mol. The molecule has 0 unspecified atom stereocenters. The first kappa shape index (κ1) is 61.9. The second-order valence-corrected chi connectivity index (χ2v) is 20.8. The number of carbonyl (C=O) groups excluding carboxylic acids is 1. The van der Waals surface area contributed by atoms with Gasteiger partial charge in [0.25, 0.3) is 5.56 Å². The van der Waals surface area contributed by atoms with Crippen molar-refractivity contribution >= 4 is 91.5 Å². The predicted molar refractivity (Wildman–Crippen MR) is 296 cm³/mol. The molecule has 0 fully saturated rings. The van der Waals surface area contributed by atoms with Crippen LogP contribution in [0.5, 0.6) is 11.5 Å². The molecule has 0 radical (unpaired) electrons. The fraction of sp³-hybridized carbons (Fsp3) is 0.346. The van der Waals surface area contributed by atoms with Crippen LogP contribution in [0.25, 0.3) is 19.8 Å². The quantitative estimate of drug-likeness (QED) is 0.0152. The number of rotatable bonds is 21. The van der Waals surface area contributed by atoms with Gasteiger partial charge < -0.3 is 9.26 Å². The van der Waals surface area contributed by atoms with Gasteiger partial charge in [-0.15, -0.1) is 12.6 Å². The molecule has 1 aromatic heterocycles. The van der Waals surface area contributed by atoms with Gasteiger partial charge in [-0.25, -0.2) is 21.4 Å². The number of sulfone groups is 1. The molecule has 0 aliphatic rings. The van der Waals surface area contributed by atoms with E-state index in [2.05, 4.69) is 72.8 Å². The van der Waals surface area contributed by atoms with Gasteiger partial charge in [-0.3, -0.25) is 39.2 Å². The van der Waals surface area contributed by atoms with Crippen LogP contribution in [0.4, 0.5) is 22.7 Å². The Hall–Kier alpha value is -6.21. The number of carbonyl (C=O) groups is 1. The lowest BCUT2D eigenvalue weighted by Gasteiger charge is -2.15. The molecule has 6 aromatic rings. The van der Waals surface area contributed by atoms with Crippen LogP contribution >= 0.6 is 32.8 Å². The van der Waals surface area contributed by atoms with Gasteiger partial charge >= 0.3 is 8.69 Å². The van der Waals surface area contributed by atoms with Crippen molar-refractivity contribution in [3.8, 4) is 11.5 Å². The first-order valence-corrected chi connectivity index (χ1v) is 28.8. The maximum absolute atomic E-state index is 13.2. The lowest BCUT2D eigenvalue weighted by atomic mass is 10.1. The summed E-state index contributed by atoms with van der Waals surface area (Å²) in [5, 5.41) is 0.785. The van der Waals surface area contributed by atoms with Crippen molar-refractivity contribution in [2.24, 2.45) is 0 Å². The highest BCUT2D eigenvalue weighted by Crippen LogP contribution is 2.38. The first-order chi connectivity index (χ1) is 34.6. The van der Waals surface area contributed by atoms with Crippen LogP contribution in [0.1, 0.15) is 104 Å². The standard InChI is InChI=1S/C19H32OS.C18H17N5O5S2.C7H5NOS.C6H5O2P.C2H6/c1-3-4-5-6-7-8-9-10-11-12-15-20-18-14-13-17(2)16-19(18)21;1-5-18(24)22-21-16-10-14(19-2)15(20-3)11-17(16)30(27,28)13-8-6-12(7-9-13)23-29(4,25)26;9-7-5-3-1-2-4-6(5)10-8-7;7-9-8-6-4-2-1-3-5-6;1-2/h13-14,16,21H,3-12,15H2,1-2H3;6-11,21,23H,5H2,1,4H3,(H,22,24);1-4H,(H,8,9);1-5H;1-2H3. The average Bonchev–Trinajstić information content (AvgIpc) is 3.76. The number of fused-ring (bicyclic) bond motifs is 1. The minimum absolute atomic E-state index is 0.0144. The van der Waals surface area contributed by atoms with Crippen molar-refractivity contribution in [1.29, 1.82) is 0 Å². The number of anilines is 2. The van der Waals surface area contributed by atoms with Crippen molar-refractivity contribution in [3.05, 3.63) is 148 Å². The molecule has 72 heavy (non-hydrogen) atoms. The molecule has 386 valence electrons. The summed E-state index contributed by atoms with van der Waals surface area (Å²) in [6.45, 7) is 25.2. The number of amides is 1. The third-order valence-corrected chi connectivity index (χ3v) is 13.8. The number of hydrogen-bond acceptors (Lipinski definition) is 12. The summed E-state index contributed by atoms with van der Waals surface area (Å²) >= 11 is 5.83. The molecular weight excluding hydrogens is 1010 g/mol. The van der Waals surface area contributed by atoms with Gasteiger partial charge in [-0.2, -0.15) is 0 Å². The summed E-state index contributed by atoms with van der Waals surface area (Å²) in [5.41, 5.74) is 5.92. The first-order valence-electron chi connectivity index (χ1n) is 23.4. The molecule has 15 nitrogen and oxygen atoms in total. The number of unbranched alkanes of at least 4 members (excludes halogenated alkanes) is 9. The van der Waals surface area contributed by atoms with Crippen LogP contribution in [0, 0.1) is 20.1 Å². The Morgan fingerprint density at radius 2 is 1.36 bits per heavy atom. The van der Waals surface area contributed by atoms with Crippen molar-refractivity contribution in [2.75, 3.05) is 23.0 Å². The van der Waals surface area contributed by atoms with Crippen molar-refractivity contribution in [3.63, 3.8) is 0 Å². The summed E-state index contributed by atoms with van der Waals surface area (Å²) in [4.78, 5) is 29.4. The number of benzene rings is 5. The highest BCUT2D eigenvalue weighted by atomic mass is 32.2. The number of H-pyrrole nitrogens is 1. The predicted octanol–water partition coefficient (Wildman–Crippen LogP) is 14.3. The number of aryl methyl sites for hydroxylation is 1. The Bertz CT molecular complexity index is 2960. The fourth-order valence-electron chi connectivity index (χ4n) is 6.27. The number of nitrogens with zero attached hydrogens (tertiary/aromatic N) is 2. The third-order valence-electron chi connectivity index (χ3n) is 9.87. The van der Waals surface area contributed by atoms with E-state index >= 15 is 0 Å². The van der Waals surface area contributed by atoms with E-state index in [0.717, 1.165) is 46.1 Å². The van der Waals surface area contributed by atoms with Crippen LogP contribution in [-0.2, 0) is 29.2 Å². The van der Waals surface area contributed by atoms with E-state index in [1.165, 1.54) is 105 Å². The van der Waals surface area contributed by atoms with Gasteiger partial charge in [0.05, 0.1) is 51.6 Å². The molecule has 0 spiro atoms. The number of hydrazine groups is 1. The zero-order chi connectivity index (χ0) is 53.4. The molecule has 5 aromatic carbocycles. The largest absolute Gasteiger partial charge is 0.492 e. The molecule has 20 heteroatoms. The van der Waals surface area contributed by atoms with Crippen LogP contribution < -0.4 is 30.4 Å².